The van der Waals surface area contributed by atoms with Gasteiger partial charge in [0.05, 0.1) is 44.8 Å². The van der Waals surface area contributed by atoms with Crippen LogP contribution < -0.4 is 0 Å². The summed E-state index contributed by atoms with van der Waals surface area (Å²) in [5, 5.41) is 6.55. The summed E-state index contributed by atoms with van der Waals surface area (Å²) < 4.78 is 0. The Morgan fingerprint density at radius 2 is 0.720 bits per heavy atom. The van der Waals surface area contributed by atoms with Crippen molar-refractivity contribution in [1.29, 1.82) is 0 Å². The molecule has 0 saturated heterocycles. The Morgan fingerprint density at radius 1 is 0.280 bits per heavy atom. The molecule has 0 radical (unpaired) electrons. The maximum Gasteiger partial charge on any atom is 0.0972 e. The average Bonchev–Trinajstić information content (AvgIpc) is 3.20. The molecule has 4 heterocycles. The van der Waals surface area contributed by atoms with Crippen molar-refractivity contribution in [3.05, 3.63) is 170 Å². The van der Waals surface area contributed by atoms with Gasteiger partial charge < -0.3 is 0 Å². The van der Waals surface area contributed by atoms with Crippen molar-refractivity contribution in [1.82, 2.24) is 19.9 Å². The standard InChI is InChI=1S/C46H28N4/c1-3-9-29(10-4-1)38-26-22-33-21-25-37-36-13-7-8-14-41(36)50-44(42(37)43(33)47-38)32-17-15-31(16-18-32)40-28-24-35-20-19-34-23-27-39(30-11-5-2-6-12-30)48-45(34)46(35)49-40/h1-28H. The van der Waals surface area contributed by atoms with Crippen LogP contribution in [0.4, 0.5) is 0 Å². The Labute approximate surface area is 288 Å². The zero-order valence-electron chi connectivity index (χ0n) is 27.0. The molecule has 0 aliphatic carbocycles. The zero-order valence-corrected chi connectivity index (χ0v) is 27.0. The Bertz CT molecular complexity index is 2900. The summed E-state index contributed by atoms with van der Waals surface area (Å²) in [6.45, 7) is 0. The molecule has 4 aromatic heterocycles. The van der Waals surface area contributed by atoms with Gasteiger partial charge in [0.15, 0.2) is 0 Å². The van der Waals surface area contributed by atoms with Crippen molar-refractivity contribution < 1.29 is 0 Å². The molecule has 6 aromatic carbocycles. The number of benzene rings is 6. The first-order valence-corrected chi connectivity index (χ1v) is 16.8. The van der Waals surface area contributed by atoms with E-state index in [0.717, 1.165) is 99.4 Å². The molecule has 0 atom stereocenters. The minimum absolute atomic E-state index is 0.899. The number of rotatable bonds is 4. The van der Waals surface area contributed by atoms with Crippen molar-refractivity contribution in [2.24, 2.45) is 0 Å². The maximum absolute atomic E-state index is 5.27. The molecule has 0 spiro atoms. The summed E-state index contributed by atoms with van der Waals surface area (Å²) in [5.74, 6) is 0. The lowest BCUT2D eigenvalue weighted by molar-refractivity contribution is 1.36. The van der Waals surface area contributed by atoms with Crippen LogP contribution >= 0.6 is 0 Å². The lowest BCUT2D eigenvalue weighted by Gasteiger charge is -2.14. The summed E-state index contributed by atoms with van der Waals surface area (Å²) in [5.41, 5.74) is 11.7. The minimum Gasteiger partial charge on any atom is -0.247 e. The van der Waals surface area contributed by atoms with Crippen LogP contribution in [0.2, 0.25) is 0 Å². The third kappa shape index (κ3) is 4.69. The summed E-state index contributed by atoms with van der Waals surface area (Å²) >= 11 is 0. The predicted molar refractivity (Wildman–Crippen MR) is 207 cm³/mol. The maximum atomic E-state index is 5.27. The largest absolute Gasteiger partial charge is 0.247 e. The van der Waals surface area contributed by atoms with Gasteiger partial charge in [0.25, 0.3) is 0 Å². The van der Waals surface area contributed by atoms with Crippen molar-refractivity contribution in [3.8, 4) is 45.0 Å². The van der Waals surface area contributed by atoms with Crippen molar-refractivity contribution in [2.45, 2.75) is 0 Å². The van der Waals surface area contributed by atoms with Gasteiger partial charge in [0.2, 0.25) is 0 Å². The van der Waals surface area contributed by atoms with E-state index in [1.807, 2.05) is 30.3 Å². The molecule has 0 aliphatic rings. The molecule has 0 saturated carbocycles. The van der Waals surface area contributed by atoms with Gasteiger partial charge in [-0.2, -0.15) is 0 Å². The van der Waals surface area contributed by atoms with E-state index in [2.05, 4.69) is 140 Å². The topological polar surface area (TPSA) is 51.6 Å². The number of pyridine rings is 4. The molecule has 0 unspecified atom stereocenters. The normalized spacial score (nSPS) is 11.6. The highest BCUT2D eigenvalue weighted by Crippen LogP contribution is 2.38. The number of nitrogens with zero attached hydrogens (tertiary/aromatic N) is 4. The molecule has 232 valence electrons. The first-order valence-electron chi connectivity index (χ1n) is 16.8. The lowest BCUT2D eigenvalue weighted by atomic mass is 9.96. The highest BCUT2D eigenvalue weighted by Gasteiger charge is 2.16. The van der Waals surface area contributed by atoms with Gasteiger partial charge in [-0.1, -0.05) is 146 Å². The third-order valence-electron chi connectivity index (χ3n) is 9.64. The van der Waals surface area contributed by atoms with Crippen molar-refractivity contribution in [2.75, 3.05) is 0 Å². The molecule has 0 fully saturated rings. The molecule has 0 amide bonds. The predicted octanol–water partition coefficient (Wildman–Crippen LogP) is 11.7. The Morgan fingerprint density at radius 3 is 1.32 bits per heavy atom. The molecule has 10 aromatic rings. The monoisotopic (exact) mass is 636 g/mol. The minimum atomic E-state index is 0.899. The smallest absolute Gasteiger partial charge is 0.0972 e. The quantitative estimate of drug-likeness (QED) is 0.180. The lowest BCUT2D eigenvalue weighted by Crippen LogP contribution is -1.94. The Hall–Kier alpha value is -6.78. The first kappa shape index (κ1) is 28.3. The van der Waals surface area contributed by atoms with E-state index in [1.54, 1.807) is 0 Å². The Kier molecular flexibility index (Phi) is 6.46. The van der Waals surface area contributed by atoms with E-state index in [9.17, 15) is 0 Å². The van der Waals surface area contributed by atoms with E-state index in [-0.39, 0.29) is 0 Å². The fourth-order valence-electron chi connectivity index (χ4n) is 7.10. The van der Waals surface area contributed by atoms with Gasteiger partial charge in [0, 0.05) is 49.2 Å². The average molecular weight is 637 g/mol. The second kappa shape index (κ2) is 11.4. The van der Waals surface area contributed by atoms with Crippen LogP contribution in [-0.4, -0.2) is 19.9 Å². The van der Waals surface area contributed by atoms with Gasteiger partial charge in [-0.15, -0.1) is 0 Å². The molecule has 4 nitrogen and oxygen atoms in total. The van der Waals surface area contributed by atoms with Crippen LogP contribution in [0.5, 0.6) is 0 Å². The molecule has 0 bridgehead atoms. The number of aromatic nitrogens is 4. The fourth-order valence-corrected chi connectivity index (χ4v) is 7.10. The van der Waals surface area contributed by atoms with Crippen LogP contribution in [0.3, 0.4) is 0 Å². The summed E-state index contributed by atoms with van der Waals surface area (Å²) in [6.07, 6.45) is 0. The van der Waals surface area contributed by atoms with Gasteiger partial charge >= 0.3 is 0 Å². The van der Waals surface area contributed by atoms with E-state index in [4.69, 9.17) is 19.9 Å². The molecule has 0 aliphatic heterocycles. The molecule has 10 rings (SSSR count). The number of hydrogen-bond donors (Lipinski definition) is 0. The third-order valence-corrected chi connectivity index (χ3v) is 9.64. The molecular formula is C46H28N4. The van der Waals surface area contributed by atoms with Crippen LogP contribution in [0, 0.1) is 0 Å². The van der Waals surface area contributed by atoms with E-state index < -0.39 is 0 Å². The van der Waals surface area contributed by atoms with Gasteiger partial charge in [0.1, 0.15) is 0 Å². The molecule has 0 N–H and O–H groups in total. The van der Waals surface area contributed by atoms with Gasteiger partial charge in [-0.05, 0) is 29.7 Å². The number of fused-ring (bicyclic) bond motifs is 8. The highest BCUT2D eigenvalue weighted by molar-refractivity contribution is 6.20. The highest BCUT2D eigenvalue weighted by atomic mass is 14.8. The first-order chi connectivity index (χ1) is 24.8. The number of hydrogen-bond acceptors (Lipinski definition) is 4. The molecular weight excluding hydrogens is 609 g/mol. The Balaban J connectivity index is 1.12. The van der Waals surface area contributed by atoms with Gasteiger partial charge in [-0.3, -0.25) is 0 Å². The second-order valence-electron chi connectivity index (χ2n) is 12.6. The van der Waals surface area contributed by atoms with Crippen molar-refractivity contribution in [3.63, 3.8) is 0 Å². The van der Waals surface area contributed by atoms with Crippen LogP contribution in [-0.2, 0) is 0 Å². The fraction of sp³-hybridized carbons (Fsp3) is 0. The van der Waals surface area contributed by atoms with Crippen LogP contribution in [0.1, 0.15) is 0 Å². The van der Waals surface area contributed by atoms with Gasteiger partial charge in [-0.25, -0.2) is 19.9 Å². The zero-order chi connectivity index (χ0) is 33.0. The number of para-hydroxylation sites is 1. The van der Waals surface area contributed by atoms with Crippen molar-refractivity contribution >= 4 is 54.4 Å². The van der Waals surface area contributed by atoms with E-state index in [1.165, 1.54) is 0 Å². The summed E-state index contributed by atoms with van der Waals surface area (Å²) in [4.78, 5) is 20.8. The van der Waals surface area contributed by atoms with E-state index in [0.29, 0.717) is 0 Å². The van der Waals surface area contributed by atoms with E-state index >= 15 is 0 Å². The molecule has 4 heteroatoms. The molecule has 50 heavy (non-hydrogen) atoms. The summed E-state index contributed by atoms with van der Waals surface area (Å²) in [6, 6.07) is 59.0. The second-order valence-corrected chi connectivity index (χ2v) is 12.6. The van der Waals surface area contributed by atoms with Crippen LogP contribution in [0.15, 0.2) is 170 Å². The SMILES string of the molecule is c1ccc(-c2ccc3ccc4ccc(-c5ccc(-c6nc7ccccc7c7ccc8ccc(-c9ccccc9)nc8c67)cc5)nc4c3n2)cc1. The van der Waals surface area contributed by atoms with Crippen LogP contribution in [0.25, 0.3) is 99.4 Å². The summed E-state index contributed by atoms with van der Waals surface area (Å²) in [7, 11) is 0.